The number of unbranched alkanes of at least 4 members (excludes halogenated alkanes) is 2. The van der Waals surface area contributed by atoms with Crippen LogP contribution in [0.2, 0.25) is 10.0 Å². The Balaban J connectivity index is 0.00000612. The highest BCUT2D eigenvalue weighted by molar-refractivity contribution is 9.10. The number of hydrogen-bond acceptors (Lipinski definition) is 4. The van der Waals surface area contributed by atoms with Crippen LogP contribution in [0.5, 0.6) is 11.5 Å². The summed E-state index contributed by atoms with van der Waals surface area (Å²) >= 11 is 16.0. The molecule has 0 amide bonds. The van der Waals surface area contributed by atoms with Gasteiger partial charge in [0.05, 0.1) is 11.1 Å². The second-order valence-electron chi connectivity index (χ2n) is 8.44. The van der Waals surface area contributed by atoms with Crippen LogP contribution in [-0.4, -0.2) is 37.7 Å². The van der Waals surface area contributed by atoms with E-state index in [4.69, 9.17) is 32.7 Å². The molecule has 9 heteroatoms. The summed E-state index contributed by atoms with van der Waals surface area (Å²) in [5, 5.41) is 4.78. The number of benzene rings is 2. The first-order valence-electron chi connectivity index (χ1n) is 12.4. The minimum absolute atomic E-state index is 0. The molecule has 0 saturated carbocycles. The third-order valence-electron chi connectivity index (χ3n) is 5.57. The molecule has 0 bridgehead atoms. The van der Waals surface area contributed by atoms with E-state index >= 15 is 0 Å². The highest BCUT2D eigenvalue weighted by Gasteiger charge is 2.14. The average Bonchev–Trinajstić information content (AvgIpc) is 2.81. The summed E-state index contributed by atoms with van der Waals surface area (Å²) < 4.78 is 12.8. The van der Waals surface area contributed by atoms with Crippen LogP contribution in [-0.2, 0) is 13.2 Å². The smallest absolute Gasteiger partial charge is 0.175 e. The number of nitrogens with zero attached hydrogens (tertiary/aromatic N) is 1. The SMILES string of the molecule is CCCCN(CCCC)CCCNCc1cc(Br)c(OCc2ccc(Cl)cc2Cl)c(OCC)c1.Cl.Cl. The van der Waals surface area contributed by atoms with Gasteiger partial charge in [0.25, 0.3) is 0 Å². The van der Waals surface area contributed by atoms with Crippen molar-refractivity contribution in [2.75, 3.05) is 32.8 Å². The van der Waals surface area contributed by atoms with Crippen molar-refractivity contribution in [1.82, 2.24) is 10.2 Å². The van der Waals surface area contributed by atoms with E-state index in [0.717, 1.165) is 47.4 Å². The van der Waals surface area contributed by atoms with Crippen LogP contribution >= 0.6 is 63.9 Å². The summed E-state index contributed by atoms with van der Waals surface area (Å²) in [5.74, 6) is 1.41. The molecule has 0 radical (unpaired) electrons. The highest BCUT2D eigenvalue weighted by atomic mass is 79.9. The number of halogens is 5. The molecule has 4 nitrogen and oxygen atoms in total. The number of rotatable bonds is 17. The summed E-state index contributed by atoms with van der Waals surface area (Å²) in [6.07, 6.45) is 6.22. The Hall–Kier alpha value is -0.400. The Labute approximate surface area is 248 Å². The average molecular weight is 647 g/mol. The minimum Gasteiger partial charge on any atom is -0.490 e. The summed E-state index contributed by atoms with van der Waals surface area (Å²) in [4.78, 5) is 2.61. The first kappa shape index (κ1) is 35.6. The second-order valence-corrected chi connectivity index (χ2v) is 10.1. The van der Waals surface area contributed by atoms with Crippen molar-refractivity contribution in [3.8, 4) is 11.5 Å². The van der Waals surface area contributed by atoms with E-state index in [-0.39, 0.29) is 24.8 Å². The largest absolute Gasteiger partial charge is 0.490 e. The van der Waals surface area contributed by atoms with Gasteiger partial charge in [-0.25, -0.2) is 0 Å². The van der Waals surface area contributed by atoms with Crippen molar-refractivity contribution < 1.29 is 9.47 Å². The van der Waals surface area contributed by atoms with Gasteiger partial charge < -0.3 is 19.7 Å². The molecule has 0 aliphatic carbocycles. The zero-order valence-electron chi connectivity index (χ0n) is 21.6. The Bertz CT molecular complexity index is 866. The molecule has 1 N–H and O–H groups in total. The maximum Gasteiger partial charge on any atom is 0.175 e. The van der Waals surface area contributed by atoms with Crippen molar-refractivity contribution in [3.63, 3.8) is 0 Å². The van der Waals surface area contributed by atoms with Crippen molar-refractivity contribution >= 4 is 63.9 Å². The fraction of sp³-hybridized carbons (Fsp3) is 0.556. The third kappa shape index (κ3) is 12.9. The molecular formula is C27H41BrCl4N2O2. The Morgan fingerprint density at radius 1 is 0.889 bits per heavy atom. The molecule has 2 rings (SSSR count). The number of hydrogen-bond donors (Lipinski definition) is 1. The Kier molecular flexibility index (Phi) is 20.3. The van der Waals surface area contributed by atoms with Gasteiger partial charge in [-0.15, -0.1) is 24.8 Å². The molecule has 0 spiro atoms. The summed E-state index contributed by atoms with van der Waals surface area (Å²) in [7, 11) is 0. The fourth-order valence-corrected chi connectivity index (χ4v) is 4.74. The lowest BCUT2D eigenvalue weighted by Gasteiger charge is -2.22. The molecule has 0 atom stereocenters. The van der Waals surface area contributed by atoms with Gasteiger partial charge in [-0.3, -0.25) is 0 Å². The quantitative estimate of drug-likeness (QED) is 0.174. The van der Waals surface area contributed by atoms with E-state index in [2.05, 4.69) is 52.1 Å². The third-order valence-corrected chi connectivity index (χ3v) is 6.75. The van der Waals surface area contributed by atoms with Crippen molar-refractivity contribution in [2.45, 2.75) is 66.0 Å². The zero-order valence-corrected chi connectivity index (χ0v) is 26.3. The van der Waals surface area contributed by atoms with Crippen LogP contribution in [0, 0.1) is 0 Å². The lowest BCUT2D eigenvalue weighted by atomic mass is 10.2. The summed E-state index contributed by atoms with van der Waals surface area (Å²) in [5.41, 5.74) is 2.03. The maximum absolute atomic E-state index is 6.30. The lowest BCUT2D eigenvalue weighted by molar-refractivity contribution is 0.261. The lowest BCUT2D eigenvalue weighted by Crippen LogP contribution is -2.29. The first-order valence-corrected chi connectivity index (χ1v) is 14.0. The monoisotopic (exact) mass is 644 g/mol. The van der Waals surface area contributed by atoms with Gasteiger partial charge in [-0.1, -0.05) is 56.0 Å². The van der Waals surface area contributed by atoms with Crippen LogP contribution in [0.15, 0.2) is 34.8 Å². The second kappa shape index (κ2) is 20.5. The van der Waals surface area contributed by atoms with Gasteiger partial charge in [0.1, 0.15) is 6.61 Å². The Morgan fingerprint density at radius 2 is 1.56 bits per heavy atom. The van der Waals surface area contributed by atoms with Crippen molar-refractivity contribution in [2.24, 2.45) is 0 Å². The summed E-state index contributed by atoms with van der Waals surface area (Å²) in [6, 6.07) is 9.55. The molecule has 0 unspecified atom stereocenters. The normalized spacial score (nSPS) is 10.6. The zero-order chi connectivity index (χ0) is 24.8. The molecule has 2 aromatic carbocycles. The predicted octanol–water partition coefficient (Wildman–Crippen LogP) is 8.96. The van der Waals surface area contributed by atoms with Crippen LogP contribution in [0.1, 0.15) is 64.0 Å². The number of ether oxygens (including phenoxy) is 2. The van der Waals surface area contributed by atoms with Crippen LogP contribution in [0.4, 0.5) is 0 Å². The van der Waals surface area contributed by atoms with Gasteiger partial charge in [0.2, 0.25) is 0 Å². The molecule has 0 fully saturated rings. The number of nitrogens with one attached hydrogen (secondary N) is 1. The van der Waals surface area contributed by atoms with E-state index < -0.39 is 0 Å². The van der Waals surface area contributed by atoms with Crippen molar-refractivity contribution in [1.29, 1.82) is 0 Å². The molecule has 0 aromatic heterocycles. The van der Waals surface area contributed by atoms with Gasteiger partial charge in [0.15, 0.2) is 11.5 Å². The topological polar surface area (TPSA) is 33.7 Å². The molecule has 0 aliphatic rings. The fourth-order valence-electron chi connectivity index (χ4n) is 3.67. The van der Waals surface area contributed by atoms with Gasteiger partial charge in [-0.2, -0.15) is 0 Å². The van der Waals surface area contributed by atoms with Crippen LogP contribution < -0.4 is 14.8 Å². The minimum atomic E-state index is 0. The van der Waals surface area contributed by atoms with Gasteiger partial charge in [-0.05, 0) is 98.1 Å². The molecule has 0 aliphatic heterocycles. The highest BCUT2D eigenvalue weighted by Crippen LogP contribution is 2.38. The van der Waals surface area contributed by atoms with E-state index in [1.54, 1.807) is 6.07 Å². The van der Waals surface area contributed by atoms with Crippen LogP contribution in [0.3, 0.4) is 0 Å². The molecule has 206 valence electrons. The molecule has 0 heterocycles. The summed E-state index contributed by atoms with van der Waals surface area (Å²) in [6.45, 7) is 12.7. The first-order chi connectivity index (χ1) is 16.5. The molecule has 36 heavy (non-hydrogen) atoms. The van der Waals surface area contributed by atoms with E-state index in [0.29, 0.717) is 29.0 Å². The van der Waals surface area contributed by atoms with E-state index in [1.807, 2.05) is 19.1 Å². The van der Waals surface area contributed by atoms with Crippen LogP contribution in [0.25, 0.3) is 0 Å². The standard InChI is InChI=1S/C27H39BrCl2N2O2.2ClH/c1-4-7-13-32(14-8-5-2)15-9-12-31-19-21-16-24(28)27(26(17-21)33-6-3)34-20-22-10-11-23(29)18-25(22)30;;/h10-11,16-18,31H,4-9,12-15,19-20H2,1-3H3;2*1H. The maximum atomic E-state index is 6.30. The van der Waals surface area contributed by atoms with Crippen molar-refractivity contribution in [3.05, 3.63) is 56.0 Å². The van der Waals surface area contributed by atoms with E-state index in [1.165, 1.54) is 38.8 Å². The van der Waals surface area contributed by atoms with Gasteiger partial charge >= 0.3 is 0 Å². The van der Waals surface area contributed by atoms with Gasteiger partial charge in [0, 0.05) is 22.2 Å². The Morgan fingerprint density at radius 3 is 2.17 bits per heavy atom. The molecular weight excluding hydrogens is 606 g/mol. The predicted molar refractivity (Wildman–Crippen MR) is 163 cm³/mol. The van der Waals surface area contributed by atoms with E-state index in [9.17, 15) is 0 Å². The molecule has 0 saturated heterocycles. The molecule has 2 aromatic rings.